The summed E-state index contributed by atoms with van der Waals surface area (Å²) in [5, 5.41) is 22.0. The van der Waals surface area contributed by atoms with Crippen LogP contribution in [-0.2, 0) is 19.2 Å². The third-order valence-electron chi connectivity index (χ3n) is 9.00. The number of nitrogens with zero attached hydrogens (tertiary/aromatic N) is 3. The van der Waals surface area contributed by atoms with Crippen LogP contribution in [-0.4, -0.2) is 92.4 Å². The van der Waals surface area contributed by atoms with Gasteiger partial charge in [-0.05, 0) is 62.4 Å². The van der Waals surface area contributed by atoms with Crippen molar-refractivity contribution in [2.24, 2.45) is 17.8 Å². The van der Waals surface area contributed by atoms with Gasteiger partial charge in [0.05, 0.1) is 12.2 Å². The van der Waals surface area contributed by atoms with Gasteiger partial charge in [0.15, 0.2) is 6.10 Å². The lowest BCUT2D eigenvalue weighted by atomic mass is 9.92. The van der Waals surface area contributed by atoms with Crippen LogP contribution in [0, 0.1) is 17.8 Å². The van der Waals surface area contributed by atoms with Crippen molar-refractivity contribution in [3.8, 4) is 0 Å². The van der Waals surface area contributed by atoms with Gasteiger partial charge in [0.2, 0.25) is 17.7 Å². The molecule has 0 spiro atoms. The first-order chi connectivity index (χ1) is 21.4. The van der Waals surface area contributed by atoms with Crippen molar-refractivity contribution >= 4 is 29.5 Å². The number of likely N-dealkylation sites (tertiary alicyclic amines) is 1. The fraction of sp³-hybridized carbons (Fsp3) is 0.656. The molecule has 2 saturated carbocycles. The number of hydrogen-bond acceptors (Lipinski definition) is 8. The largest absolute Gasteiger partial charge is 0.381 e. The highest BCUT2D eigenvalue weighted by Crippen LogP contribution is 2.42. The number of nitrogens with one attached hydrogen (secondary N) is 4. The zero-order valence-corrected chi connectivity index (χ0v) is 26.6. The summed E-state index contributed by atoms with van der Waals surface area (Å²) < 4.78 is 0. The molecule has 1 saturated heterocycles. The molecule has 0 aromatic carbocycles. The number of aliphatic hydroxyl groups excluding tert-OH is 1. The number of aliphatic hydroxyl groups is 1. The third-order valence-corrected chi connectivity index (χ3v) is 9.00. The maximum absolute atomic E-state index is 14.1. The average Bonchev–Trinajstić information content (AvgIpc) is 3.57. The van der Waals surface area contributed by atoms with Crippen molar-refractivity contribution in [1.82, 2.24) is 36.1 Å². The molecule has 3 aliphatic rings. The first-order valence-corrected chi connectivity index (χ1v) is 16.0. The third kappa shape index (κ3) is 8.24. The van der Waals surface area contributed by atoms with Crippen LogP contribution in [0.5, 0.6) is 0 Å². The minimum atomic E-state index is -1.41. The van der Waals surface area contributed by atoms with Crippen LogP contribution in [0.15, 0.2) is 30.7 Å². The highest BCUT2D eigenvalue weighted by atomic mass is 16.3. The van der Waals surface area contributed by atoms with Crippen molar-refractivity contribution < 1.29 is 29.1 Å². The summed E-state index contributed by atoms with van der Waals surface area (Å²) in [7, 11) is 0. The van der Waals surface area contributed by atoms with Gasteiger partial charge in [-0.3, -0.25) is 29.0 Å². The minimum absolute atomic E-state index is 0.0532. The number of rotatable bonds is 14. The van der Waals surface area contributed by atoms with Crippen molar-refractivity contribution in [2.75, 3.05) is 6.54 Å². The van der Waals surface area contributed by atoms with Crippen LogP contribution < -0.4 is 21.3 Å². The molecule has 1 aromatic rings. The van der Waals surface area contributed by atoms with Gasteiger partial charge in [0.25, 0.3) is 11.8 Å². The lowest BCUT2D eigenvalue weighted by Gasteiger charge is -2.33. The van der Waals surface area contributed by atoms with Gasteiger partial charge >= 0.3 is 0 Å². The molecule has 45 heavy (non-hydrogen) atoms. The Morgan fingerprint density at radius 2 is 1.78 bits per heavy atom. The molecule has 5 amide bonds. The maximum Gasteiger partial charge on any atom is 0.272 e. The summed E-state index contributed by atoms with van der Waals surface area (Å²) in [5.41, 5.74) is 0.431. The lowest BCUT2D eigenvalue weighted by molar-refractivity contribution is -0.143. The van der Waals surface area contributed by atoms with Gasteiger partial charge < -0.3 is 31.3 Å². The number of carbonyl (C=O) groups is 5. The Bertz CT molecular complexity index is 1270. The molecule has 1 aliphatic heterocycles. The summed E-state index contributed by atoms with van der Waals surface area (Å²) in [5.74, 6) is -2.82. The summed E-state index contributed by atoms with van der Waals surface area (Å²) in [6.07, 6.45) is 8.04. The van der Waals surface area contributed by atoms with Crippen LogP contribution in [0.3, 0.4) is 0 Å². The maximum atomic E-state index is 14.1. The Hall–Kier alpha value is -3.87. The van der Waals surface area contributed by atoms with Crippen LogP contribution in [0.2, 0.25) is 0 Å². The van der Waals surface area contributed by atoms with Gasteiger partial charge in [0, 0.05) is 25.0 Å². The molecule has 3 fully saturated rings. The quantitative estimate of drug-likeness (QED) is 0.189. The summed E-state index contributed by atoms with van der Waals surface area (Å²) in [6, 6.07) is -3.68. The normalized spacial score (nSPS) is 23.3. The minimum Gasteiger partial charge on any atom is -0.381 e. The molecule has 246 valence electrons. The van der Waals surface area contributed by atoms with Gasteiger partial charge in [-0.25, -0.2) is 4.98 Å². The second kappa shape index (κ2) is 14.9. The summed E-state index contributed by atoms with van der Waals surface area (Å²) in [4.78, 5) is 76.3. The van der Waals surface area contributed by atoms with E-state index in [1.807, 2.05) is 6.92 Å². The number of fused-ring (bicyclic) bond motifs is 1. The topological polar surface area (TPSA) is 183 Å². The second-order valence-electron chi connectivity index (χ2n) is 13.0. The van der Waals surface area contributed by atoms with E-state index >= 15 is 0 Å². The summed E-state index contributed by atoms with van der Waals surface area (Å²) >= 11 is 0. The molecule has 2 heterocycles. The Morgan fingerprint density at radius 3 is 2.38 bits per heavy atom. The molecule has 7 atom stereocenters. The molecule has 13 heteroatoms. The lowest BCUT2D eigenvalue weighted by Crippen LogP contribution is -2.60. The standard InChI is InChI=1S/C32H47N7O6/c1-6-8-22(27(40)31(44)35-20-11-12-20)36-30(43)26-21-10-7-9-19(21)16-39(26)32(45)25(18(4)5)38-29(42)24(17(2)3)37-28(41)23-15-33-13-14-34-23/h13-15,17,19-22,24-27,40H,4,6-12,16H2,1-3,5H3,(H,35,44)(H,36,43)(H,37,41)(H,38,42)/t19-,21-,22-,24-,25-,26-,27?/m0/s1. The number of carbonyl (C=O) groups excluding carboxylic acids is 5. The van der Waals surface area contributed by atoms with Gasteiger partial charge in [-0.15, -0.1) is 0 Å². The van der Waals surface area contributed by atoms with E-state index < -0.39 is 59.8 Å². The molecular weight excluding hydrogens is 578 g/mol. The first-order valence-electron chi connectivity index (χ1n) is 16.0. The van der Waals surface area contributed by atoms with Crippen LogP contribution in [0.1, 0.15) is 83.1 Å². The fourth-order valence-electron chi connectivity index (χ4n) is 6.41. The molecule has 1 unspecified atom stereocenters. The van der Waals surface area contributed by atoms with E-state index in [9.17, 15) is 29.1 Å². The molecular formula is C32H47N7O6. The Balaban J connectivity index is 1.50. The first kappa shape index (κ1) is 34.0. The van der Waals surface area contributed by atoms with Crippen molar-refractivity contribution in [1.29, 1.82) is 0 Å². The predicted octanol–water partition coefficient (Wildman–Crippen LogP) is 0.843. The molecule has 5 N–H and O–H groups in total. The molecule has 13 nitrogen and oxygen atoms in total. The fourth-order valence-corrected chi connectivity index (χ4v) is 6.41. The van der Waals surface area contributed by atoms with E-state index in [4.69, 9.17) is 0 Å². The Kier molecular flexibility index (Phi) is 11.3. The van der Waals surface area contributed by atoms with E-state index in [-0.39, 0.29) is 29.5 Å². The van der Waals surface area contributed by atoms with Crippen molar-refractivity contribution in [3.63, 3.8) is 0 Å². The smallest absolute Gasteiger partial charge is 0.272 e. The zero-order valence-electron chi connectivity index (χ0n) is 26.6. The van der Waals surface area contributed by atoms with E-state index in [0.29, 0.717) is 25.0 Å². The Labute approximate surface area is 264 Å². The molecule has 2 aliphatic carbocycles. The zero-order chi connectivity index (χ0) is 32.8. The van der Waals surface area contributed by atoms with Crippen molar-refractivity contribution in [2.45, 2.75) is 109 Å². The SMILES string of the molecule is C=C(C)[C@H](NC(=O)[C@@H](NC(=O)c1cnccn1)C(C)C)C(=O)N1C[C@@H]2CCC[C@@H]2[C@H]1C(=O)N[C@@H](CCC)C(O)C(=O)NC1CC1. The van der Waals surface area contributed by atoms with Gasteiger partial charge in [0.1, 0.15) is 23.8 Å². The Morgan fingerprint density at radius 1 is 1.04 bits per heavy atom. The predicted molar refractivity (Wildman–Crippen MR) is 165 cm³/mol. The molecule has 4 rings (SSSR count). The highest BCUT2D eigenvalue weighted by Gasteiger charge is 2.51. The van der Waals surface area contributed by atoms with E-state index in [1.54, 1.807) is 20.8 Å². The average molecular weight is 626 g/mol. The molecule has 0 radical (unpaired) electrons. The van der Waals surface area contributed by atoms with E-state index in [1.165, 1.54) is 23.5 Å². The van der Waals surface area contributed by atoms with Gasteiger partial charge in [-0.2, -0.15) is 0 Å². The number of aromatic nitrogens is 2. The second-order valence-corrected chi connectivity index (χ2v) is 13.0. The van der Waals surface area contributed by atoms with Gasteiger partial charge in [-0.1, -0.05) is 40.2 Å². The van der Waals surface area contributed by atoms with E-state index in [2.05, 4.69) is 37.8 Å². The molecule has 1 aromatic heterocycles. The monoisotopic (exact) mass is 625 g/mol. The van der Waals surface area contributed by atoms with Crippen LogP contribution in [0.25, 0.3) is 0 Å². The number of amides is 5. The summed E-state index contributed by atoms with van der Waals surface area (Å²) in [6.45, 7) is 11.4. The van der Waals surface area contributed by atoms with E-state index in [0.717, 1.165) is 32.1 Å². The highest BCUT2D eigenvalue weighted by molar-refractivity contribution is 5.98. The van der Waals surface area contributed by atoms with Crippen LogP contribution in [0.4, 0.5) is 0 Å². The van der Waals surface area contributed by atoms with Crippen molar-refractivity contribution in [3.05, 3.63) is 36.4 Å². The number of hydrogen-bond donors (Lipinski definition) is 5. The molecule has 0 bridgehead atoms. The van der Waals surface area contributed by atoms with Crippen LogP contribution >= 0.6 is 0 Å².